The maximum Gasteiger partial charge on any atom is 0.246 e. The first kappa shape index (κ1) is 11.4. The second-order valence-electron chi connectivity index (χ2n) is 3.91. The van der Waals surface area contributed by atoms with E-state index in [4.69, 9.17) is 28.3 Å². The SMILES string of the molecule is Cc1noc(Cn2c(=S)[nH]c3cc(Cl)ccc32)n1. The molecule has 92 valence electrons. The molecule has 0 fully saturated rings. The molecule has 0 spiro atoms. The zero-order valence-corrected chi connectivity index (χ0v) is 11.0. The number of fused-ring (bicyclic) bond motifs is 1. The Kier molecular flexibility index (Phi) is 2.68. The lowest BCUT2D eigenvalue weighted by Gasteiger charge is -1.99. The first-order valence-electron chi connectivity index (χ1n) is 5.31. The van der Waals surface area contributed by atoms with Gasteiger partial charge in [0.25, 0.3) is 0 Å². The number of aromatic nitrogens is 4. The molecule has 0 amide bonds. The first-order chi connectivity index (χ1) is 8.63. The predicted molar refractivity (Wildman–Crippen MR) is 70.3 cm³/mol. The summed E-state index contributed by atoms with van der Waals surface area (Å²) >= 11 is 11.2. The van der Waals surface area contributed by atoms with E-state index in [2.05, 4.69) is 15.1 Å². The summed E-state index contributed by atoms with van der Waals surface area (Å²) < 4.78 is 7.59. The van der Waals surface area contributed by atoms with Crippen LogP contribution in [0.1, 0.15) is 11.7 Å². The van der Waals surface area contributed by atoms with Crippen LogP contribution < -0.4 is 0 Å². The largest absolute Gasteiger partial charge is 0.337 e. The fourth-order valence-corrected chi connectivity index (χ4v) is 2.28. The van der Waals surface area contributed by atoms with Crippen molar-refractivity contribution in [2.24, 2.45) is 0 Å². The molecule has 3 rings (SSSR count). The Hall–Kier alpha value is -1.66. The van der Waals surface area contributed by atoms with Crippen molar-refractivity contribution in [2.45, 2.75) is 13.5 Å². The molecule has 0 saturated heterocycles. The number of aromatic amines is 1. The normalized spacial score (nSPS) is 11.2. The molecule has 0 aliphatic carbocycles. The van der Waals surface area contributed by atoms with Crippen LogP contribution in [0.2, 0.25) is 5.02 Å². The molecule has 1 aromatic carbocycles. The average Bonchev–Trinajstić information content (AvgIpc) is 2.84. The number of benzene rings is 1. The van der Waals surface area contributed by atoms with Crippen LogP contribution in [0.5, 0.6) is 0 Å². The Bertz CT molecular complexity index is 773. The van der Waals surface area contributed by atoms with E-state index in [9.17, 15) is 0 Å². The van der Waals surface area contributed by atoms with Gasteiger partial charge in [-0.05, 0) is 37.3 Å². The highest BCUT2D eigenvalue weighted by molar-refractivity contribution is 7.71. The Morgan fingerprint density at radius 1 is 1.50 bits per heavy atom. The minimum Gasteiger partial charge on any atom is -0.337 e. The number of H-pyrrole nitrogens is 1. The van der Waals surface area contributed by atoms with E-state index < -0.39 is 0 Å². The van der Waals surface area contributed by atoms with E-state index in [1.165, 1.54) is 0 Å². The van der Waals surface area contributed by atoms with Gasteiger partial charge in [-0.15, -0.1) is 0 Å². The molecule has 7 heteroatoms. The molecule has 0 saturated carbocycles. The lowest BCUT2D eigenvalue weighted by molar-refractivity contribution is 0.368. The van der Waals surface area contributed by atoms with Gasteiger partial charge in [0.1, 0.15) is 6.54 Å². The Morgan fingerprint density at radius 2 is 2.33 bits per heavy atom. The van der Waals surface area contributed by atoms with Gasteiger partial charge in [-0.2, -0.15) is 4.98 Å². The highest BCUT2D eigenvalue weighted by Crippen LogP contribution is 2.19. The average molecular weight is 281 g/mol. The number of aryl methyl sites for hydroxylation is 1. The quantitative estimate of drug-likeness (QED) is 0.733. The van der Waals surface area contributed by atoms with Crippen molar-refractivity contribution in [1.29, 1.82) is 0 Å². The number of imidazole rings is 1. The third-order valence-electron chi connectivity index (χ3n) is 2.60. The highest BCUT2D eigenvalue weighted by Gasteiger charge is 2.09. The summed E-state index contributed by atoms with van der Waals surface area (Å²) in [5, 5.41) is 4.42. The van der Waals surface area contributed by atoms with Crippen molar-refractivity contribution in [1.82, 2.24) is 19.7 Å². The predicted octanol–water partition coefficient (Wildman–Crippen LogP) is 3.09. The van der Waals surface area contributed by atoms with Gasteiger partial charge in [0.15, 0.2) is 10.6 Å². The van der Waals surface area contributed by atoms with Crippen LogP contribution in [0.4, 0.5) is 0 Å². The van der Waals surface area contributed by atoms with E-state index in [0.717, 1.165) is 11.0 Å². The summed E-state index contributed by atoms with van der Waals surface area (Å²) in [6.07, 6.45) is 0. The summed E-state index contributed by atoms with van der Waals surface area (Å²) in [6.45, 7) is 2.22. The van der Waals surface area contributed by atoms with Gasteiger partial charge in [-0.25, -0.2) is 0 Å². The van der Waals surface area contributed by atoms with Crippen molar-refractivity contribution < 1.29 is 4.52 Å². The fourth-order valence-electron chi connectivity index (χ4n) is 1.83. The summed E-state index contributed by atoms with van der Waals surface area (Å²) in [5.74, 6) is 1.14. The molecule has 0 atom stereocenters. The van der Waals surface area contributed by atoms with Crippen LogP contribution in [-0.4, -0.2) is 19.7 Å². The van der Waals surface area contributed by atoms with E-state index in [-0.39, 0.29) is 0 Å². The van der Waals surface area contributed by atoms with Crippen molar-refractivity contribution in [3.63, 3.8) is 0 Å². The van der Waals surface area contributed by atoms with Gasteiger partial charge < -0.3 is 14.1 Å². The van der Waals surface area contributed by atoms with Gasteiger partial charge >= 0.3 is 0 Å². The van der Waals surface area contributed by atoms with Crippen LogP contribution in [0.3, 0.4) is 0 Å². The number of nitrogens with zero attached hydrogens (tertiary/aromatic N) is 3. The molecule has 0 unspecified atom stereocenters. The lowest BCUT2D eigenvalue weighted by Crippen LogP contribution is -1.99. The molecule has 2 aromatic heterocycles. The molecule has 18 heavy (non-hydrogen) atoms. The van der Waals surface area contributed by atoms with Crippen LogP contribution in [0.25, 0.3) is 11.0 Å². The molecular formula is C11H9ClN4OS. The van der Waals surface area contributed by atoms with Gasteiger partial charge in [0.05, 0.1) is 11.0 Å². The highest BCUT2D eigenvalue weighted by atomic mass is 35.5. The zero-order valence-electron chi connectivity index (χ0n) is 9.48. The topological polar surface area (TPSA) is 59.6 Å². The molecule has 5 nitrogen and oxygen atoms in total. The monoisotopic (exact) mass is 280 g/mol. The smallest absolute Gasteiger partial charge is 0.246 e. The van der Waals surface area contributed by atoms with Gasteiger partial charge in [-0.1, -0.05) is 16.8 Å². The van der Waals surface area contributed by atoms with Gasteiger partial charge in [-0.3, -0.25) is 0 Å². The number of halogens is 1. The molecule has 2 heterocycles. The third kappa shape index (κ3) is 1.93. The molecule has 3 aromatic rings. The maximum atomic E-state index is 5.94. The summed E-state index contributed by atoms with van der Waals surface area (Å²) in [6, 6.07) is 5.57. The van der Waals surface area contributed by atoms with E-state index in [0.29, 0.717) is 28.1 Å². The van der Waals surface area contributed by atoms with Gasteiger partial charge in [0.2, 0.25) is 5.89 Å². The van der Waals surface area contributed by atoms with Crippen molar-refractivity contribution in [2.75, 3.05) is 0 Å². The van der Waals surface area contributed by atoms with Crippen LogP contribution in [0.15, 0.2) is 22.7 Å². The van der Waals surface area contributed by atoms with Crippen molar-refractivity contribution in [3.05, 3.63) is 39.7 Å². The molecule has 0 radical (unpaired) electrons. The number of hydrogen-bond acceptors (Lipinski definition) is 4. The fraction of sp³-hybridized carbons (Fsp3) is 0.182. The molecule has 1 N–H and O–H groups in total. The van der Waals surface area contributed by atoms with E-state index >= 15 is 0 Å². The summed E-state index contributed by atoms with van der Waals surface area (Å²) in [7, 11) is 0. The zero-order chi connectivity index (χ0) is 12.7. The van der Waals surface area contributed by atoms with Crippen LogP contribution in [0, 0.1) is 11.7 Å². The van der Waals surface area contributed by atoms with Crippen molar-refractivity contribution >= 4 is 34.9 Å². The van der Waals surface area contributed by atoms with Crippen LogP contribution in [-0.2, 0) is 6.54 Å². The second-order valence-corrected chi connectivity index (χ2v) is 4.74. The summed E-state index contributed by atoms with van der Waals surface area (Å²) in [5.41, 5.74) is 1.85. The molecule has 0 aliphatic heterocycles. The maximum absolute atomic E-state index is 5.94. The molecular weight excluding hydrogens is 272 g/mol. The third-order valence-corrected chi connectivity index (χ3v) is 3.16. The molecule has 0 bridgehead atoms. The second kappa shape index (κ2) is 4.22. The summed E-state index contributed by atoms with van der Waals surface area (Å²) in [4.78, 5) is 7.26. The standard InChI is InChI=1S/C11H9ClN4OS/c1-6-13-10(17-15-6)5-16-9-3-2-7(12)4-8(9)14-11(16)18/h2-4H,5H2,1H3,(H,14,18). The van der Waals surface area contributed by atoms with E-state index in [1.54, 1.807) is 6.92 Å². The van der Waals surface area contributed by atoms with E-state index in [1.807, 2.05) is 22.8 Å². The van der Waals surface area contributed by atoms with Crippen LogP contribution >= 0.6 is 23.8 Å². The van der Waals surface area contributed by atoms with Gasteiger partial charge in [0, 0.05) is 5.02 Å². The number of hydrogen-bond donors (Lipinski definition) is 1. The van der Waals surface area contributed by atoms with Crippen molar-refractivity contribution in [3.8, 4) is 0 Å². The Morgan fingerprint density at radius 3 is 3.06 bits per heavy atom. The minimum atomic E-state index is 0.446. The Balaban J connectivity index is 2.11. The Labute approximate surface area is 112 Å². The minimum absolute atomic E-state index is 0.446. The number of nitrogens with one attached hydrogen (secondary N) is 1. The molecule has 0 aliphatic rings. The lowest BCUT2D eigenvalue weighted by atomic mass is 10.3. The number of rotatable bonds is 2. The first-order valence-corrected chi connectivity index (χ1v) is 6.09.